The van der Waals surface area contributed by atoms with E-state index in [1.54, 1.807) is 0 Å². The number of hydrogen-bond acceptors (Lipinski definition) is 3. The molecule has 0 radical (unpaired) electrons. The van der Waals surface area contributed by atoms with Gasteiger partial charge in [0.2, 0.25) is 0 Å². The third kappa shape index (κ3) is 5.49. The molecular formula is C15H29NO3. The highest BCUT2D eigenvalue weighted by atomic mass is 16.5. The number of ether oxygens (including phenoxy) is 1. The van der Waals surface area contributed by atoms with E-state index >= 15 is 0 Å². The average molecular weight is 271 g/mol. The van der Waals surface area contributed by atoms with Crippen molar-refractivity contribution in [1.82, 2.24) is 5.32 Å². The van der Waals surface area contributed by atoms with E-state index in [1.807, 2.05) is 0 Å². The SMILES string of the molecule is CC(CCNC1CC(C)(C)OC1(C)C)CCC(=O)O. The molecule has 2 atom stereocenters. The zero-order chi connectivity index (χ0) is 14.7. The molecule has 0 spiro atoms. The molecule has 0 aromatic heterocycles. The number of aliphatic carboxylic acids is 1. The first-order chi connectivity index (χ1) is 8.62. The number of carboxylic acid groups (broad SMARTS) is 1. The second-order valence-electron chi connectivity index (χ2n) is 7.00. The fourth-order valence-corrected chi connectivity index (χ4v) is 2.90. The Morgan fingerprint density at radius 2 is 2.00 bits per heavy atom. The lowest BCUT2D eigenvalue weighted by atomic mass is 9.94. The van der Waals surface area contributed by atoms with Crippen molar-refractivity contribution in [2.75, 3.05) is 6.54 Å². The molecule has 2 unspecified atom stereocenters. The Morgan fingerprint density at radius 3 is 2.47 bits per heavy atom. The third-order valence-corrected chi connectivity index (χ3v) is 3.95. The fourth-order valence-electron chi connectivity index (χ4n) is 2.90. The summed E-state index contributed by atoms with van der Waals surface area (Å²) in [5.74, 6) is -0.256. The molecule has 1 saturated heterocycles. The fraction of sp³-hybridized carbons (Fsp3) is 0.933. The van der Waals surface area contributed by atoms with Crippen LogP contribution in [-0.2, 0) is 9.53 Å². The molecular weight excluding hydrogens is 242 g/mol. The molecule has 4 heteroatoms. The van der Waals surface area contributed by atoms with E-state index in [9.17, 15) is 4.79 Å². The minimum Gasteiger partial charge on any atom is -0.481 e. The van der Waals surface area contributed by atoms with E-state index < -0.39 is 5.97 Å². The number of hydrogen-bond donors (Lipinski definition) is 2. The Kier molecular flexibility index (Phi) is 5.39. The van der Waals surface area contributed by atoms with Gasteiger partial charge >= 0.3 is 5.97 Å². The minimum absolute atomic E-state index is 0.0594. The van der Waals surface area contributed by atoms with Gasteiger partial charge in [-0.3, -0.25) is 4.79 Å². The topological polar surface area (TPSA) is 58.6 Å². The number of rotatable bonds is 7. The van der Waals surface area contributed by atoms with E-state index in [1.165, 1.54) is 0 Å². The molecule has 0 aromatic rings. The van der Waals surface area contributed by atoms with Crippen molar-refractivity contribution < 1.29 is 14.6 Å². The second-order valence-corrected chi connectivity index (χ2v) is 7.00. The highest BCUT2D eigenvalue weighted by molar-refractivity contribution is 5.66. The zero-order valence-electron chi connectivity index (χ0n) is 13.0. The minimum atomic E-state index is -0.702. The van der Waals surface area contributed by atoms with Gasteiger partial charge in [0.05, 0.1) is 11.2 Å². The van der Waals surface area contributed by atoms with Crippen LogP contribution in [0.25, 0.3) is 0 Å². The van der Waals surface area contributed by atoms with Gasteiger partial charge in [0, 0.05) is 12.5 Å². The van der Waals surface area contributed by atoms with Gasteiger partial charge in [-0.15, -0.1) is 0 Å². The largest absolute Gasteiger partial charge is 0.481 e. The van der Waals surface area contributed by atoms with Crippen molar-refractivity contribution in [3.63, 3.8) is 0 Å². The first-order valence-corrected chi connectivity index (χ1v) is 7.28. The molecule has 1 rings (SSSR count). The molecule has 2 N–H and O–H groups in total. The number of carboxylic acids is 1. The lowest BCUT2D eigenvalue weighted by molar-refractivity contribution is -0.137. The van der Waals surface area contributed by atoms with E-state index in [4.69, 9.17) is 9.84 Å². The summed E-state index contributed by atoms with van der Waals surface area (Å²) in [4.78, 5) is 10.5. The summed E-state index contributed by atoms with van der Waals surface area (Å²) in [5.41, 5.74) is -0.191. The zero-order valence-corrected chi connectivity index (χ0v) is 13.0. The maximum absolute atomic E-state index is 10.5. The number of carbonyl (C=O) groups is 1. The van der Waals surface area contributed by atoms with Gasteiger partial charge < -0.3 is 15.2 Å². The molecule has 0 saturated carbocycles. The lowest BCUT2D eigenvalue weighted by Crippen LogP contribution is -2.43. The summed E-state index contributed by atoms with van der Waals surface area (Å²) in [7, 11) is 0. The van der Waals surface area contributed by atoms with Crippen LogP contribution in [-0.4, -0.2) is 34.9 Å². The van der Waals surface area contributed by atoms with E-state index in [0.29, 0.717) is 12.0 Å². The maximum Gasteiger partial charge on any atom is 0.303 e. The van der Waals surface area contributed by atoms with Crippen molar-refractivity contribution >= 4 is 5.97 Å². The standard InChI is InChI=1S/C15H29NO3/c1-11(6-7-13(17)18)8-9-16-12-10-14(2,3)19-15(12,4)5/h11-12,16H,6-10H2,1-5H3,(H,17,18). The van der Waals surface area contributed by atoms with Crippen LogP contribution in [0.4, 0.5) is 0 Å². The Bertz CT molecular complexity index is 313. The van der Waals surface area contributed by atoms with Crippen molar-refractivity contribution in [3.05, 3.63) is 0 Å². The van der Waals surface area contributed by atoms with Crippen LogP contribution in [0.2, 0.25) is 0 Å². The highest BCUT2D eigenvalue weighted by Gasteiger charge is 2.45. The Balaban J connectivity index is 2.27. The molecule has 0 aliphatic carbocycles. The first kappa shape index (κ1) is 16.4. The molecule has 19 heavy (non-hydrogen) atoms. The van der Waals surface area contributed by atoms with E-state index in [2.05, 4.69) is 39.9 Å². The Hall–Kier alpha value is -0.610. The van der Waals surface area contributed by atoms with Crippen LogP contribution in [0.15, 0.2) is 0 Å². The van der Waals surface area contributed by atoms with Gasteiger partial charge in [-0.2, -0.15) is 0 Å². The van der Waals surface area contributed by atoms with Crippen LogP contribution in [0, 0.1) is 5.92 Å². The predicted octanol–water partition coefficient (Wildman–Crippen LogP) is 2.81. The normalized spacial score (nSPS) is 26.3. The summed E-state index contributed by atoms with van der Waals surface area (Å²) in [6.07, 6.45) is 3.06. The van der Waals surface area contributed by atoms with Gasteiger partial charge in [0.25, 0.3) is 0 Å². The molecule has 4 nitrogen and oxygen atoms in total. The maximum atomic E-state index is 10.5. The van der Waals surface area contributed by atoms with Crippen molar-refractivity contribution in [2.45, 2.75) is 77.5 Å². The highest BCUT2D eigenvalue weighted by Crippen LogP contribution is 2.37. The van der Waals surface area contributed by atoms with Gasteiger partial charge in [-0.25, -0.2) is 0 Å². The molecule has 112 valence electrons. The van der Waals surface area contributed by atoms with Gasteiger partial charge in [-0.05, 0) is 59.4 Å². The van der Waals surface area contributed by atoms with E-state index in [0.717, 1.165) is 25.8 Å². The molecule has 0 aromatic carbocycles. The predicted molar refractivity (Wildman–Crippen MR) is 76.3 cm³/mol. The molecule has 0 amide bonds. The number of nitrogens with one attached hydrogen (secondary N) is 1. The average Bonchev–Trinajstić information content (AvgIpc) is 2.43. The summed E-state index contributed by atoms with van der Waals surface area (Å²) < 4.78 is 6.05. The van der Waals surface area contributed by atoms with Crippen LogP contribution in [0.3, 0.4) is 0 Å². The molecule has 0 bridgehead atoms. The van der Waals surface area contributed by atoms with Crippen LogP contribution in [0.1, 0.15) is 60.3 Å². The van der Waals surface area contributed by atoms with Gasteiger partial charge in [0.1, 0.15) is 0 Å². The summed E-state index contributed by atoms with van der Waals surface area (Å²) in [5, 5.41) is 12.2. The summed E-state index contributed by atoms with van der Waals surface area (Å²) in [6.45, 7) is 11.6. The van der Waals surface area contributed by atoms with Crippen LogP contribution < -0.4 is 5.32 Å². The third-order valence-electron chi connectivity index (χ3n) is 3.95. The molecule has 1 aliphatic heterocycles. The second kappa shape index (κ2) is 6.23. The Morgan fingerprint density at radius 1 is 1.37 bits per heavy atom. The molecule has 1 heterocycles. The first-order valence-electron chi connectivity index (χ1n) is 7.28. The molecule has 1 aliphatic rings. The van der Waals surface area contributed by atoms with Crippen LogP contribution >= 0.6 is 0 Å². The molecule has 1 fully saturated rings. The lowest BCUT2D eigenvalue weighted by Gasteiger charge is -2.28. The van der Waals surface area contributed by atoms with Crippen LogP contribution in [0.5, 0.6) is 0 Å². The monoisotopic (exact) mass is 271 g/mol. The van der Waals surface area contributed by atoms with Gasteiger partial charge in [-0.1, -0.05) is 6.92 Å². The smallest absolute Gasteiger partial charge is 0.303 e. The van der Waals surface area contributed by atoms with Gasteiger partial charge in [0.15, 0.2) is 0 Å². The van der Waals surface area contributed by atoms with Crippen molar-refractivity contribution in [1.29, 1.82) is 0 Å². The van der Waals surface area contributed by atoms with Crippen molar-refractivity contribution in [2.24, 2.45) is 5.92 Å². The quantitative estimate of drug-likeness (QED) is 0.747. The summed E-state index contributed by atoms with van der Waals surface area (Å²) >= 11 is 0. The van der Waals surface area contributed by atoms with Crippen molar-refractivity contribution in [3.8, 4) is 0 Å². The summed E-state index contributed by atoms with van der Waals surface area (Å²) in [6, 6.07) is 0.370. The Labute approximate surface area is 116 Å². The van der Waals surface area contributed by atoms with E-state index in [-0.39, 0.29) is 17.6 Å².